The van der Waals surface area contributed by atoms with Crippen molar-refractivity contribution in [1.82, 2.24) is 15.2 Å². The molecule has 0 spiro atoms. The fourth-order valence-corrected chi connectivity index (χ4v) is 2.08. The second-order valence-corrected chi connectivity index (χ2v) is 4.75. The van der Waals surface area contributed by atoms with Gasteiger partial charge in [-0.2, -0.15) is 5.10 Å². The molecule has 5 heteroatoms. The Morgan fingerprint density at radius 2 is 2.17 bits per heavy atom. The Morgan fingerprint density at radius 1 is 1.44 bits per heavy atom. The van der Waals surface area contributed by atoms with Crippen LogP contribution in [0.2, 0.25) is 0 Å². The van der Waals surface area contributed by atoms with Gasteiger partial charge in [0.25, 0.3) is 0 Å². The largest absolute Gasteiger partial charge is 0.380 e. The van der Waals surface area contributed by atoms with Gasteiger partial charge in [0.1, 0.15) is 0 Å². The van der Waals surface area contributed by atoms with Crippen LogP contribution in [0.3, 0.4) is 0 Å². The lowest BCUT2D eigenvalue weighted by molar-refractivity contribution is 0.109. The number of aryl methyl sites for hydroxylation is 2. The highest BCUT2D eigenvalue weighted by Crippen LogP contribution is 2.15. The molecular formula is C13H26N4O. The molecule has 0 radical (unpaired) electrons. The van der Waals surface area contributed by atoms with Crippen LogP contribution < -0.4 is 11.3 Å². The summed E-state index contributed by atoms with van der Waals surface area (Å²) in [7, 11) is 1.98. The van der Waals surface area contributed by atoms with E-state index in [1.807, 2.05) is 11.7 Å². The number of nitrogens with two attached hydrogens (primary N) is 1. The minimum absolute atomic E-state index is 0.204. The van der Waals surface area contributed by atoms with Gasteiger partial charge in [0, 0.05) is 25.4 Å². The van der Waals surface area contributed by atoms with Crippen LogP contribution in [-0.4, -0.2) is 29.0 Å². The van der Waals surface area contributed by atoms with Crippen LogP contribution in [0.1, 0.15) is 36.7 Å². The van der Waals surface area contributed by atoms with Gasteiger partial charge in [-0.1, -0.05) is 6.92 Å². The minimum atomic E-state index is 0.204. The van der Waals surface area contributed by atoms with Crippen molar-refractivity contribution in [1.29, 1.82) is 0 Å². The first-order chi connectivity index (χ1) is 8.60. The van der Waals surface area contributed by atoms with Gasteiger partial charge in [0.15, 0.2) is 0 Å². The van der Waals surface area contributed by atoms with E-state index in [0.717, 1.165) is 31.6 Å². The van der Waals surface area contributed by atoms with Crippen molar-refractivity contribution >= 4 is 0 Å². The molecule has 1 heterocycles. The molecule has 0 bridgehead atoms. The van der Waals surface area contributed by atoms with E-state index >= 15 is 0 Å². The molecule has 104 valence electrons. The Morgan fingerprint density at radius 3 is 2.67 bits per heavy atom. The maximum absolute atomic E-state index is 5.55. The summed E-state index contributed by atoms with van der Waals surface area (Å²) in [6.45, 7) is 7.73. The van der Waals surface area contributed by atoms with Gasteiger partial charge >= 0.3 is 0 Å². The molecule has 0 amide bonds. The van der Waals surface area contributed by atoms with Crippen LogP contribution in [0.4, 0.5) is 0 Å². The molecule has 1 aromatic heterocycles. The van der Waals surface area contributed by atoms with Gasteiger partial charge in [0.05, 0.1) is 12.3 Å². The molecule has 1 aromatic rings. The molecule has 0 saturated heterocycles. The third kappa shape index (κ3) is 4.08. The standard InChI is InChI=1S/C13H26N4O/c1-5-8-18-9-12(15-14)6-7-13-10(2)16-17(4)11(13)3/h12,15H,5-9,14H2,1-4H3. The van der Waals surface area contributed by atoms with Crippen molar-refractivity contribution in [3.8, 4) is 0 Å². The van der Waals surface area contributed by atoms with Gasteiger partial charge in [-0.15, -0.1) is 0 Å². The Kier molecular flexibility index (Phi) is 6.32. The number of rotatable bonds is 8. The average molecular weight is 254 g/mol. The molecular weight excluding hydrogens is 228 g/mol. The van der Waals surface area contributed by atoms with Crippen molar-refractivity contribution in [3.63, 3.8) is 0 Å². The predicted molar refractivity (Wildman–Crippen MR) is 73.2 cm³/mol. The number of hydrogen-bond acceptors (Lipinski definition) is 4. The number of hydrogen-bond donors (Lipinski definition) is 2. The molecule has 18 heavy (non-hydrogen) atoms. The lowest BCUT2D eigenvalue weighted by Gasteiger charge is -2.15. The summed E-state index contributed by atoms with van der Waals surface area (Å²) in [6.07, 6.45) is 2.99. The van der Waals surface area contributed by atoms with Gasteiger partial charge in [0.2, 0.25) is 0 Å². The highest BCUT2D eigenvalue weighted by molar-refractivity contribution is 5.24. The van der Waals surface area contributed by atoms with E-state index in [0.29, 0.717) is 6.61 Å². The summed E-state index contributed by atoms with van der Waals surface area (Å²) in [6, 6.07) is 0.204. The summed E-state index contributed by atoms with van der Waals surface area (Å²) >= 11 is 0. The molecule has 1 atom stereocenters. The first-order valence-corrected chi connectivity index (χ1v) is 6.63. The molecule has 0 aliphatic carbocycles. The molecule has 0 aromatic carbocycles. The fraction of sp³-hybridized carbons (Fsp3) is 0.769. The summed E-state index contributed by atoms with van der Waals surface area (Å²) in [5.74, 6) is 5.55. The summed E-state index contributed by atoms with van der Waals surface area (Å²) < 4.78 is 7.46. The Bertz CT molecular complexity index is 362. The summed E-state index contributed by atoms with van der Waals surface area (Å²) in [4.78, 5) is 0. The lowest BCUT2D eigenvalue weighted by Crippen LogP contribution is -2.39. The van der Waals surface area contributed by atoms with E-state index < -0.39 is 0 Å². The first kappa shape index (κ1) is 15.1. The first-order valence-electron chi connectivity index (χ1n) is 6.63. The van der Waals surface area contributed by atoms with E-state index in [-0.39, 0.29) is 6.04 Å². The lowest BCUT2D eigenvalue weighted by atomic mass is 10.0. The molecule has 5 nitrogen and oxygen atoms in total. The number of nitrogens with one attached hydrogen (secondary N) is 1. The monoisotopic (exact) mass is 254 g/mol. The SMILES string of the molecule is CCCOCC(CCc1c(C)nn(C)c1C)NN. The third-order valence-corrected chi connectivity index (χ3v) is 3.30. The zero-order valence-corrected chi connectivity index (χ0v) is 12.0. The molecule has 3 N–H and O–H groups in total. The van der Waals surface area contributed by atoms with E-state index in [1.165, 1.54) is 11.3 Å². The van der Waals surface area contributed by atoms with E-state index in [9.17, 15) is 0 Å². The van der Waals surface area contributed by atoms with Gasteiger partial charge in [-0.05, 0) is 38.7 Å². The zero-order chi connectivity index (χ0) is 13.5. The third-order valence-electron chi connectivity index (χ3n) is 3.30. The second-order valence-electron chi connectivity index (χ2n) is 4.75. The molecule has 0 fully saturated rings. The highest BCUT2D eigenvalue weighted by Gasteiger charge is 2.12. The van der Waals surface area contributed by atoms with Crippen molar-refractivity contribution in [2.45, 2.75) is 46.1 Å². The molecule has 0 aliphatic rings. The molecule has 1 rings (SSSR count). The van der Waals surface area contributed by atoms with E-state index in [1.54, 1.807) is 0 Å². The normalized spacial score (nSPS) is 12.9. The maximum atomic E-state index is 5.55. The van der Waals surface area contributed by atoms with Gasteiger partial charge in [-0.25, -0.2) is 0 Å². The number of ether oxygens (including phenoxy) is 1. The zero-order valence-electron chi connectivity index (χ0n) is 12.0. The van der Waals surface area contributed by atoms with E-state index in [2.05, 4.69) is 31.3 Å². The summed E-state index contributed by atoms with van der Waals surface area (Å²) in [5.41, 5.74) is 6.50. The highest BCUT2D eigenvalue weighted by atomic mass is 16.5. The molecule has 1 unspecified atom stereocenters. The Hall–Kier alpha value is -0.910. The van der Waals surface area contributed by atoms with Gasteiger partial charge in [-0.3, -0.25) is 16.0 Å². The van der Waals surface area contributed by atoms with Crippen LogP contribution in [0, 0.1) is 13.8 Å². The second kappa shape index (κ2) is 7.51. The smallest absolute Gasteiger partial charge is 0.0633 e. The summed E-state index contributed by atoms with van der Waals surface area (Å²) in [5, 5.41) is 4.42. The van der Waals surface area contributed by atoms with Crippen LogP contribution in [0.15, 0.2) is 0 Å². The molecule has 0 aliphatic heterocycles. The van der Waals surface area contributed by atoms with Crippen molar-refractivity contribution < 1.29 is 4.74 Å². The Labute approximate surface area is 110 Å². The maximum Gasteiger partial charge on any atom is 0.0633 e. The van der Waals surface area contributed by atoms with Crippen LogP contribution in [-0.2, 0) is 18.2 Å². The van der Waals surface area contributed by atoms with Crippen LogP contribution in [0.5, 0.6) is 0 Å². The topological polar surface area (TPSA) is 65.1 Å². The van der Waals surface area contributed by atoms with Crippen LogP contribution in [0.25, 0.3) is 0 Å². The molecule has 0 saturated carbocycles. The van der Waals surface area contributed by atoms with Crippen molar-refractivity contribution in [2.24, 2.45) is 12.9 Å². The fourth-order valence-electron chi connectivity index (χ4n) is 2.08. The quantitative estimate of drug-likeness (QED) is 0.416. The van der Waals surface area contributed by atoms with Crippen LogP contribution >= 0.6 is 0 Å². The van der Waals surface area contributed by atoms with E-state index in [4.69, 9.17) is 10.6 Å². The van der Waals surface area contributed by atoms with Crippen molar-refractivity contribution in [3.05, 3.63) is 17.0 Å². The number of nitrogens with zero attached hydrogens (tertiary/aromatic N) is 2. The number of aromatic nitrogens is 2. The predicted octanol–water partition coefficient (Wildman–Crippen LogP) is 1.23. The van der Waals surface area contributed by atoms with Gasteiger partial charge < -0.3 is 4.74 Å². The Balaban J connectivity index is 2.46. The minimum Gasteiger partial charge on any atom is -0.380 e. The average Bonchev–Trinajstić information content (AvgIpc) is 2.59. The number of hydrazine groups is 1. The van der Waals surface area contributed by atoms with Crippen molar-refractivity contribution in [2.75, 3.05) is 13.2 Å².